The van der Waals surface area contributed by atoms with Gasteiger partial charge in [-0.1, -0.05) is 84.9 Å². The zero-order valence-corrected chi connectivity index (χ0v) is 13.5. The van der Waals surface area contributed by atoms with Crippen molar-refractivity contribution in [2.75, 3.05) is 0 Å². The Bertz CT molecular complexity index is 880. The molecular weight excluding hydrogens is 297 g/mol. The average molecular weight is 313 g/mol. The summed E-state index contributed by atoms with van der Waals surface area (Å²) in [4.78, 5) is 4.96. The van der Waals surface area contributed by atoms with Gasteiger partial charge in [0, 0.05) is 13.3 Å². The summed E-state index contributed by atoms with van der Waals surface area (Å²) in [6.07, 6.45) is 0. The van der Waals surface area contributed by atoms with Crippen molar-refractivity contribution in [1.82, 2.24) is 4.98 Å². The van der Waals surface area contributed by atoms with E-state index in [1.54, 1.807) is 0 Å². The van der Waals surface area contributed by atoms with Gasteiger partial charge in [-0.15, -0.1) is 0 Å². The molecule has 0 bridgehead atoms. The van der Waals surface area contributed by atoms with Gasteiger partial charge in [-0.2, -0.15) is 0 Å². The lowest BCUT2D eigenvalue weighted by Gasteiger charge is -2.18. The Morgan fingerprint density at radius 2 is 1.09 bits per heavy atom. The molecule has 0 aliphatic carbocycles. The van der Waals surface area contributed by atoms with Crippen LogP contribution in [0.1, 0.15) is 0 Å². The summed E-state index contributed by atoms with van der Waals surface area (Å²) in [6.45, 7) is 0. The summed E-state index contributed by atoms with van der Waals surface area (Å²) in [5.41, 5.74) is 2.21. The molecular formula is C21H16NP. The summed E-state index contributed by atoms with van der Waals surface area (Å²) < 4.78 is 0. The van der Waals surface area contributed by atoms with E-state index in [0.717, 1.165) is 11.0 Å². The Morgan fingerprint density at radius 1 is 0.522 bits per heavy atom. The summed E-state index contributed by atoms with van der Waals surface area (Å²) >= 11 is 0. The number of benzene rings is 3. The molecule has 1 nitrogen and oxygen atoms in total. The van der Waals surface area contributed by atoms with Crippen molar-refractivity contribution in [3.05, 3.63) is 97.1 Å². The van der Waals surface area contributed by atoms with Crippen molar-refractivity contribution in [3.63, 3.8) is 0 Å². The molecule has 4 rings (SSSR count). The highest BCUT2D eigenvalue weighted by Gasteiger charge is 2.17. The predicted octanol–water partition coefficient (Wildman–Crippen LogP) is 3.99. The molecule has 2 heteroatoms. The van der Waals surface area contributed by atoms with Crippen molar-refractivity contribution in [2.45, 2.75) is 0 Å². The summed E-state index contributed by atoms with van der Waals surface area (Å²) in [6, 6.07) is 34.0. The van der Waals surface area contributed by atoms with Crippen LogP contribution in [0.25, 0.3) is 10.9 Å². The largest absolute Gasteiger partial charge is 0.247 e. The van der Waals surface area contributed by atoms with Gasteiger partial charge in [0.05, 0.1) is 11.0 Å². The molecule has 0 aliphatic rings. The summed E-state index contributed by atoms with van der Waals surface area (Å²) in [7, 11) is -0.630. The molecule has 23 heavy (non-hydrogen) atoms. The van der Waals surface area contributed by atoms with Crippen LogP contribution in [0.3, 0.4) is 0 Å². The minimum absolute atomic E-state index is 0.630. The van der Waals surface area contributed by atoms with Gasteiger partial charge in [-0.05, 0) is 22.7 Å². The van der Waals surface area contributed by atoms with E-state index in [4.69, 9.17) is 4.98 Å². The van der Waals surface area contributed by atoms with Gasteiger partial charge in [0.25, 0.3) is 0 Å². The van der Waals surface area contributed by atoms with Gasteiger partial charge >= 0.3 is 0 Å². The first-order valence-corrected chi connectivity index (χ1v) is 9.02. The fourth-order valence-electron chi connectivity index (χ4n) is 2.75. The van der Waals surface area contributed by atoms with E-state index in [2.05, 4.69) is 91.0 Å². The first kappa shape index (κ1) is 14.1. The molecule has 0 atom stereocenters. The monoisotopic (exact) mass is 313 g/mol. The normalized spacial score (nSPS) is 11.0. The Morgan fingerprint density at radius 3 is 1.74 bits per heavy atom. The van der Waals surface area contributed by atoms with Crippen LogP contribution < -0.4 is 16.0 Å². The third-order valence-corrected chi connectivity index (χ3v) is 6.18. The molecule has 1 aromatic heterocycles. The van der Waals surface area contributed by atoms with Gasteiger partial charge in [0.2, 0.25) is 0 Å². The number of fused-ring (bicyclic) bond motifs is 1. The second-order valence-corrected chi connectivity index (χ2v) is 7.53. The second kappa shape index (κ2) is 6.32. The molecule has 0 saturated carbocycles. The maximum Gasteiger partial charge on any atom is 0.0728 e. The SMILES string of the molecule is c1ccc(P(c2ccccc2)c2ccc3ccccc3n2)cc1. The number of para-hydroxylation sites is 1. The molecule has 0 spiro atoms. The number of hydrogen-bond acceptors (Lipinski definition) is 1. The Hall–Kier alpha value is -2.50. The van der Waals surface area contributed by atoms with Crippen LogP contribution in [-0.4, -0.2) is 4.98 Å². The van der Waals surface area contributed by atoms with Gasteiger partial charge < -0.3 is 0 Å². The fraction of sp³-hybridized carbons (Fsp3) is 0. The molecule has 0 fully saturated rings. The lowest BCUT2D eigenvalue weighted by atomic mass is 10.2. The van der Waals surface area contributed by atoms with Crippen molar-refractivity contribution >= 4 is 34.9 Å². The second-order valence-electron chi connectivity index (χ2n) is 5.37. The Kier molecular flexibility index (Phi) is 3.88. The number of rotatable bonds is 3. The highest BCUT2D eigenvalue weighted by molar-refractivity contribution is 7.79. The van der Waals surface area contributed by atoms with Crippen LogP contribution >= 0.6 is 7.92 Å². The van der Waals surface area contributed by atoms with E-state index in [0.29, 0.717) is 0 Å². The van der Waals surface area contributed by atoms with Crippen molar-refractivity contribution in [3.8, 4) is 0 Å². The third kappa shape index (κ3) is 2.88. The van der Waals surface area contributed by atoms with Gasteiger partial charge in [0.1, 0.15) is 0 Å². The molecule has 0 radical (unpaired) electrons. The van der Waals surface area contributed by atoms with E-state index in [-0.39, 0.29) is 0 Å². The van der Waals surface area contributed by atoms with Gasteiger partial charge in [0.15, 0.2) is 0 Å². The molecule has 0 aliphatic heterocycles. The van der Waals surface area contributed by atoms with Gasteiger partial charge in [-0.25, -0.2) is 4.98 Å². The zero-order valence-electron chi connectivity index (χ0n) is 12.6. The van der Waals surface area contributed by atoms with Crippen LogP contribution in [0.5, 0.6) is 0 Å². The van der Waals surface area contributed by atoms with Crippen LogP contribution in [0.15, 0.2) is 97.1 Å². The number of pyridine rings is 1. The molecule has 0 N–H and O–H groups in total. The highest BCUT2D eigenvalue weighted by Crippen LogP contribution is 2.32. The fourth-order valence-corrected chi connectivity index (χ4v) is 4.95. The maximum absolute atomic E-state index is 4.96. The Balaban J connectivity index is 1.90. The van der Waals surface area contributed by atoms with Crippen molar-refractivity contribution in [1.29, 1.82) is 0 Å². The molecule has 0 unspecified atom stereocenters. The smallest absolute Gasteiger partial charge is 0.0728 e. The molecule has 1 heterocycles. The first-order chi connectivity index (χ1) is 11.4. The third-order valence-electron chi connectivity index (χ3n) is 3.84. The molecule has 4 aromatic rings. The predicted molar refractivity (Wildman–Crippen MR) is 100 cm³/mol. The maximum atomic E-state index is 4.96. The number of nitrogens with zero attached hydrogens (tertiary/aromatic N) is 1. The van der Waals surface area contributed by atoms with Crippen LogP contribution in [-0.2, 0) is 0 Å². The number of aromatic nitrogens is 1. The first-order valence-electron chi connectivity index (χ1n) is 7.68. The molecule has 0 saturated heterocycles. The van der Waals surface area contributed by atoms with E-state index < -0.39 is 7.92 Å². The topological polar surface area (TPSA) is 12.9 Å². The quantitative estimate of drug-likeness (QED) is 0.521. The van der Waals surface area contributed by atoms with Crippen molar-refractivity contribution in [2.24, 2.45) is 0 Å². The lowest BCUT2D eigenvalue weighted by molar-refractivity contribution is 1.48. The highest BCUT2D eigenvalue weighted by atomic mass is 31.1. The molecule has 0 amide bonds. The van der Waals surface area contributed by atoms with E-state index in [9.17, 15) is 0 Å². The number of hydrogen-bond donors (Lipinski definition) is 0. The van der Waals surface area contributed by atoms with Crippen LogP contribution in [0, 0.1) is 0 Å². The summed E-state index contributed by atoms with van der Waals surface area (Å²) in [5, 5.41) is 3.85. The average Bonchev–Trinajstić information content (AvgIpc) is 2.64. The molecule has 110 valence electrons. The lowest BCUT2D eigenvalue weighted by Crippen LogP contribution is -2.22. The van der Waals surface area contributed by atoms with Crippen molar-refractivity contribution < 1.29 is 0 Å². The minimum Gasteiger partial charge on any atom is -0.247 e. The standard InChI is InChI=1S/C21H16NP/c1-3-10-18(11-4-1)23(19-12-5-2-6-13-19)21-16-15-17-9-7-8-14-20(17)22-21/h1-16H. The van der Waals surface area contributed by atoms with E-state index in [1.807, 2.05) is 6.07 Å². The van der Waals surface area contributed by atoms with Crippen LogP contribution in [0.4, 0.5) is 0 Å². The zero-order chi connectivity index (χ0) is 15.5. The van der Waals surface area contributed by atoms with E-state index in [1.165, 1.54) is 16.0 Å². The van der Waals surface area contributed by atoms with Crippen LogP contribution in [0.2, 0.25) is 0 Å². The van der Waals surface area contributed by atoms with E-state index >= 15 is 0 Å². The van der Waals surface area contributed by atoms with Gasteiger partial charge in [-0.3, -0.25) is 0 Å². The minimum atomic E-state index is -0.630. The Labute approximate surface area is 137 Å². The summed E-state index contributed by atoms with van der Waals surface area (Å²) in [5.74, 6) is 0. The molecule has 3 aromatic carbocycles.